The van der Waals surface area contributed by atoms with Crippen molar-refractivity contribution in [3.05, 3.63) is 243 Å². The third-order valence-corrected chi connectivity index (χ3v) is 11.6. The molecule has 2 heterocycles. The molecule has 6 nitrogen and oxygen atoms in total. The second kappa shape index (κ2) is 18.0. The predicted molar refractivity (Wildman–Crippen MR) is 268 cm³/mol. The van der Waals surface area contributed by atoms with E-state index in [1.807, 2.05) is 103 Å². The minimum absolute atomic E-state index is 0.607. The summed E-state index contributed by atoms with van der Waals surface area (Å²) in [4.78, 5) is 30.1. The van der Waals surface area contributed by atoms with Crippen molar-refractivity contribution in [1.29, 1.82) is 0 Å². The Morgan fingerprint density at radius 2 is 0.424 bits per heavy atom. The zero-order valence-corrected chi connectivity index (χ0v) is 35.8. The van der Waals surface area contributed by atoms with E-state index in [0.717, 1.165) is 77.9 Å². The molecule has 0 aliphatic heterocycles. The monoisotopic (exact) mass is 844 g/mol. The third kappa shape index (κ3) is 8.42. The largest absolute Gasteiger partial charge is 0.208 e. The van der Waals surface area contributed by atoms with Crippen LogP contribution in [0.1, 0.15) is 0 Å². The van der Waals surface area contributed by atoms with E-state index in [9.17, 15) is 0 Å². The van der Waals surface area contributed by atoms with Crippen LogP contribution in [0.3, 0.4) is 0 Å². The fourth-order valence-corrected chi connectivity index (χ4v) is 8.23. The zero-order chi connectivity index (χ0) is 44.1. The molecule has 0 atom stereocenters. The van der Waals surface area contributed by atoms with Gasteiger partial charge in [-0.25, -0.2) is 29.9 Å². The molecule has 0 radical (unpaired) electrons. The van der Waals surface area contributed by atoms with E-state index in [1.165, 1.54) is 0 Å². The topological polar surface area (TPSA) is 77.3 Å². The van der Waals surface area contributed by atoms with E-state index < -0.39 is 0 Å². The third-order valence-electron chi connectivity index (χ3n) is 11.6. The Bertz CT molecular complexity index is 3380. The summed E-state index contributed by atoms with van der Waals surface area (Å²) in [7, 11) is 0. The first kappa shape index (κ1) is 39.8. The number of hydrogen-bond donors (Lipinski definition) is 0. The lowest BCUT2D eigenvalue weighted by Gasteiger charge is -2.15. The standard InChI is InChI=1S/C60H40N6/c1-6-18-41(19-7-1)42-32-34-47(35-33-42)58-62-57(46-26-14-5-15-27-46)63-59(66-58)51-31-17-29-49(39-51)48-28-16-30-50(38-48)53-37-36-52(40-54(53)43-20-8-2-9-21-43)60-64-55(44-22-10-3-11-23-44)61-56(65-60)45-24-12-4-13-25-45/h1-40H. The van der Waals surface area contributed by atoms with Gasteiger partial charge in [-0.2, -0.15) is 0 Å². The predicted octanol–water partition coefficient (Wildman–Crippen LogP) is 14.7. The van der Waals surface area contributed by atoms with Crippen molar-refractivity contribution in [1.82, 2.24) is 29.9 Å². The van der Waals surface area contributed by atoms with Gasteiger partial charge in [-0.15, -0.1) is 0 Å². The first-order valence-corrected chi connectivity index (χ1v) is 21.9. The average molecular weight is 845 g/mol. The van der Waals surface area contributed by atoms with Crippen LogP contribution in [0, 0.1) is 0 Å². The molecule has 0 N–H and O–H groups in total. The van der Waals surface area contributed by atoms with E-state index in [4.69, 9.17) is 29.9 Å². The lowest BCUT2D eigenvalue weighted by molar-refractivity contribution is 1.07. The van der Waals surface area contributed by atoms with Gasteiger partial charge in [0.15, 0.2) is 34.9 Å². The van der Waals surface area contributed by atoms with Crippen molar-refractivity contribution in [2.45, 2.75) is 0 Å². The van der Waals surface area contributed by atoms with Gasteiger partial charge in [0.1, 0.15) is 0 Å². The first-order valence-electron chi connectivity index (χ1n) is 21.9. The van der Waals surface area contributed by atoms with Crippen LogP contribution in [0.2, 0.25) is 0 Å². The zero-order valence-electron chi connectivity index (χ0n) is 35.8. The summed E-state index contributed by atoms with van der Waals surface area (Å²) in [5.41, 5.74) is 14.3. The van der Waals surface area contributed by atoms with Crippen LogP contribution in [-0.2, 0) is 0 Å². The van der Waals surface area contributed by atoms with Gasteiger partial charge < -0.3 is 0 Å². The Hall–Kier alpha value is -9.00. The highest BCUT2D eigenvalue weighted by Crippen LogP contribution is 2.38. The summed E-state index contributed by atoms with van der Waals surface area (Å²) in [5.74, 6) is 3.71. The molecule has 66 heavy (non-hydrogen) atoms. The van der Waals surface area contributed by atoms with Crippen LogP contribution in [0.5, 0.6) is 0 Å². The maximum atomic E-state index is 5.09. The highest BCUT2D eigenvalue weighted by molar-refractivity contribution is 5.88. The Morgan fingerprint density at radius 3 is 0.879 bits per heavy atom. The molecule has 0 saturated carbocycles. The van der Waals surface area contributed by atoms with E-state index in [1.54, 1.807) is 0 Å². The highest BCUT2D eigenvalue weighted by atomic mass is 15.0. The molecule has 0 bridgehead atoms. The van der Waals surface area contributed by atoms with Gasteiger partial charge in [0.05, 0.1) is 0 Å². The molecular formula is C60H40N6. The second-order valence-corrected chi connectivity index (χ2v) is 15.9. The smallest absolute Gasteiger partial charge is 0.164 e. The molecule has 0 spiro atoms. The average Bonchev–Trinajstić information content (AvgIpc) is 3.42. The van der Waals surface area contributed by atoms with Gasteiger partial charge in [0.2, 0.25) is 0 Å². The Balaban J connectivity index is 0.976. The van der Waals surface area contributed by atoms with Gasteiger partial charge in [0, 0.05) is 33.4 Å². The van der Waals surface area contributed by atoms with E-state index >= 15 is 0 Å². The molecule has 9 aromatic carbocycles. The van der Waals surface area contributed by atoms with E-state index in [2.05, 4.69) is 140 Å². The first-order chi connectivity index (χ1) is 32.7. The van der Waals surface area contributed by atoms with Gasteiger partial charge in [0.25, 0.3) is 0 Å². The molecule has 2 aromatic heterocycles. The van der Waals surface area contributed by atoms with Crippen molar-refractivity contribution < 1.29 is 0 Å². The molecule has 0 amide bonds. The van der Waals surface area contributed by atoms with Crippen LogP contribution in [-0.4, -0.2) is 29.9 Å². The molecular weight excluding hydrogens is 805 g/mol. The number of aromatic nitrogens is 6. The SMILES string of the molecule is c1ccc(-c2ccc(-c3nc(-c4ccccc4)nc(-c4cccc(-c5cccc(-c6ccc(-c7nc(-c8ccccc8)nc(-c8ccccc8)n7)cc6-c6ccccc6)c5)c4)n3)cc2)cc1. The summed E-state index contributed by atoms with van der Waals surface area (Å²) < 4.78 is 0. The van der Waals surface area contributed by atoms with E-state index in [-0.39, 0.29) is 0 Å². The van der Waals surface area contributed by atoms with Crippen LogP contribution in [0.15, 0.2) is 243 Å². The van der Waals surface area contributed by atoms with Crippen LogP contribution >= 0.6 is 0 Å². The number of nitrogens with zero attached hydrogens (tertiary/aromatic N) is 6. The van der Waals surface area contributed by atoms with Crippen molar-refractivity contribution in [3.8, 4) is 113 Å². The molecule has 310 valence electrons. The van der Waals surface area contributed by atoms with Crippen molar-refractivity contribution in [2.24, 2.45) is 0 Å². The molecule has 0 unspecified atom stereocenters. The second-order valence-electron chi connectivity index (χ2n) is 15.9. The lowest BCUT2D eigenvalue weighted by Crippen LogP contribution is -2.00. The van der Waals surface area contributed by atoms with Crippen molar-refractivity contribution in [2.75, 3.05) is 0 Å². The molecule has 0 aliphatic rings. The van der Waals surface area contributed by atoms with Gasteiger partial charge in [-0.05, 0) is 62.7 Å². The molecule has 0 saturated heterocycles. The number of benzene rings is 9. The number of hydrogen-bond acceptors (Lipinski definition) is 6. The Morgan fingerprint density at radius 1 is 0.152 bits per heavy atom. The summed E-state index contributed by atoms with van der Waals surface area (Å²) in [5, 5.41) is 0. The number of rotatable bonds is 10. The fourth-order valence-electron chi connectivity index (χ4n) is 8.23. The lowest BCUT2D eigenvalue weighted by atomic mass is 9.91. The normalized spacial score (nSPS) is 11.0. The Kier molecular flexibility index (Phi) is 10.9. The minimum Gasteiger partial charge on any atom is -0.208 e. The quantitative estimate of drug-likeness (QED) is 0.136. The summed E-state index contributed by atoms with van der Waals surface area (Å²) in [6, 6.07) is 83.2. The van der Waals surface area contributed by atoms with Crippen LogP contribution in [0.25, 0.3) is 113 Å². The molecule has 0 fully saturated rings. The van der Waals surface area contributed by atoms with Gasteiger partial charge >= 0.3 is 0 Å². The van der Waals surface area contributed by atoms with E-state index in [0.29, 0.717) is 34.9 Å². The molecule has 11 aromatic rings. The maximum Gasteiger partial charge on any atom is 0.164 e. The highest BCUT2D eigenvalue weighted by Gasteiger charge is 2.17. The maximum absolute atomic E-state index is 5.09. The molecule has 6 heteroatoms. The van der Waals surface area contributed by atoms with Gasteiger partial charge in [-0.3, -0.25) is 0 Å². The van der Waals surface area contributed by atoms with Crippen LogP contribution in [0.4, 0.5) is 0 Å². The fraction of sp³-hybridized carbons (Fsp3) is 0. The summed E-state index contributed by atoms with van der Waals surface area (Å²) >= 11 is 0. The van der Waals surface area contributed by atoms with Crippen LogP contribution < -0.4 is 0 Å². The molecule has 11 rings (SSSR count). The molecule has 0 aliphatic carbocycles. The summed E-state index contributed by atoms with van der Waals surface area (Å²) in [6.07, 6.45) is 0. The minimum atomic E-state index is 0.607. The van der Waals surface area contributed by atoms with Crippen molar-refractivity contribution in [3.63, 3.8) is 0 Å². The van der Waals surface area contributed by atoms with Gasteiger partial charge in [-0.1, -0.05) is 224 Å². The van der Waals surface area contributed by atoms with Crippen molar-refractivity contribution >= 4 is 0 Å². The summed E-state index contributed by atoms with van der Waals surface area (Å²) in [6.45, 7) is 0. The Labute approximate surface area is 383 Å².